The van der Waals surface area contributed by atoms with Crippen molar-refractivity contribution in [1.82, 2.24) is 20.1 Å². The Morgan fingerprint density at radius 2 is 2.00 bits per heavy atom. The number of benzene rings is 1. The monoisotopic (exact) mass is 430 g/mol. The van der Waals surface area contributed by atoms with Crippen molar-refractivity contribution in [2.75, 3.05) is 46.4 Å². The zero-order valence-corrected chi connectivity index (χ0v) is 18.5. The molecule has 1 aromatic carbocycles. The van der Waals surface area contributed by atoms with Gasteiger partial charge in [-0.3, -0.25) is 14.6 Å². The van der Waals surface area contributed by atoms with Crippen LogP contribution in [0.25, 0.3) is 0 Å². The van der Waals surface area contributed by atoms with Gasteiger partial charge in [0.2, 0.25) is 5.89 Å². The standard InChI is InChI=1S/C23H34N4O4/c1-3-6-19(28)15-26-11-13-27(14-12-26)16-22-25-20(17-31-22)23(29)24-10-9-18-7-4-5-8-21(18)30-2/h4-5,7-8,17,19,28H,3,6,9-16H2,1-2H3,(H,24,29)/t19-/m1/s1. The normalized spacial score (nSPS) is 16.2. The zero-order valence-electron chi connectivity index (χ0n) is 18.5. The second kappa shape index (κ2) is 11.8. The maximum Gasteiger partial charge on any atom is 0.273 e. The molecule has 2 heterocycles. The van der Waals surface area contributed by atoms with Gasteiger partial charge in [0.1, 0.15) is 12.0 Å². The van der Waals surface area contributed by atoms with Gasteiger partial charge in [0.15, 0.2) is 5.69 Å². The number of para-hydroxylation sites is 1. The molecular formula is C23H34N4O4. The quantitative estimate of drug-likeness (QED) is 0.563. The van der Waals surface area contributed by atoms with Crippen molar-refractivity contribution in [2.24, 2.45) is 0 Å². The number of nitrogens with one attached hydrogen (secondary N) is 1. The molecule has 1 aromatic heterocycles. The smallest absolute Gasteiger partial charge is 0.273 e. The summed E-state index contributed by atoms with van der Waals surface area (Å²) in [5.74, 6) is 1.13. The largest absolute Gasteiger partial charge is 0.496 e. The highest BCUT2D eigenvalue weighted by atomic mass is 16.5. The van der Waals surface area contributed by atoms with Crippen LogP contribution in [0.15, 0.2) is 34.9 Å². The lowest BCUT2D eigenvalue weighted by Crippen LogP contribution is -2.48. The number of nitrogens with zero attached hydrogens (tertiary/aromatic N) is 3. The molecule has 1 aliphatic heterocycles. The molecule has 0 spiro atoms. The molecule has 31 heavy (non-hydrogen) atoms. The molecule has 8 nitrogen and oxygen atoms in total. The number of hydrogen-bond donors (Lipinski definition) is 2. The molecule has 0 unspecified atom stereocenters. The van der Waals surface area contributed by atoms with Crippen molar-refractivity contribution < 1.29 is 19.1 Å². The van der Waals surface area contributed by atoms with Gasteiger partial charge in [-0.25, -0.2) is 4.98 Å². The van der Waals surface area contributed by atoms with Crippen LogP contribution in [0, 0.1) is 0 Å². The van der Waals surface area contributed by atoms with Crippen LogP contribution in [-0.2, 0) is 13.0 Å². The number of aromatic nitrogens is 1. The van der Waals surface area contributed by atoms with Gasteiger partial charge in [-0.15, -0.1) is 0 Å². The molecule has 2 N–H and O–H groups in total. The molecule has 0 bridgehead atoms. The third kappa shape index (κ3) is 7.05. The van der Waals surface area contributed by atoms with Crippen molar-refractivity contribution in [3.8, 4) is 5.75 Å². The highest BCUT2D eigenvalue weighted by molar-refractivity contribution is 5.91. The summed E-state index contributed by atoms with van der Waals surface area (Å²) in [7, 11) is 1.64. The van der Waals surface area contributed by atoms with Crippen molar-refractivity contribution in [3.05, 3.63) is 47.7 Å². The average molecular weight is 431 g/mol. The lowest BCUT2D eigenvalue weighted by Gasteiger charge is -2.34. The average Bonchev–Trinajstić information content (AvgIpc) is 3.24. The summed E-state index contributed by atoms with van der Waals surface area (Å²) in [5, 5.41) is 12.9. The van der Waals surface area contributed by atoms with E-state index in [1.165, 1.54) is 6.26 Å². The second-order valence-electron chi connectivity index (χ2n) is 7.96. The molecule has 1 saturated heterocycles. The summed E-state index contributed by atoms with van der Waals surface area (Å²) in [6.07, 6.45) is 3.71. The number of aliphatic hydroxyl groups excluding tert-OH is 1. The van der Waals surface area contributed by atoms with Crippen LogP contribution in [0.4, 0.5) is 0 Å². The van der Waals surface area contributed by atoms with Crippen molar-refractivity contribution in [2.45, 2.75) is 38.8 Å². The fourth-order valence-electron chi connectivity index (χ4n) is 3.84. The van der Waals surface area contributed by atoms with Gasteiger partial charge in [-0.1, -0.05) is 31.5 Å². The van der Waals surface area contributed by atoms with Crippen LogP contribution >= 0.6 is 0 Å². The Kier molecular flexibility index (Phi) is 8.87. The van der Waals surface area contributed by atoms with E-state index in [0.717, 1.165) is 56.9 Å². The van der Waals surface area contributed by atoms with E-state index in [9.17, 15) is 9.90 Å². The number of piperazine rings is 1. The molecule has 8 heteroatoms. The fraction of sp³-hybridized carbons (Fsp3) is 0.565. The Morgan fingerprint density at radius 3 is 2.74 bits per heavy atom. The maximum absolute atomic E-state index is 12.4. The molecule has 1 aliphatic rings. The highest BCUT2D eigenvalue weighted by Crippen LogP contribution is 2.17. The Hall–Kier alpha value is -2.42. The first-order chi connectivity index (χ1) is 15.1. The summed E-state index contributed by atoms with van der Waals surface area (Å²) in [4.78, 5) is 21.3. The number of carbonyl (C=O) groups is 1. The minimum atomic E-state index is -0.243. The molecule has 3 rings (SSSR count). The minimum Gasteiger partial charge on any atom is -0.496 e. The van der Waals surface area contributed by atoms with E-state index in [2.05, 4.69) is 27.0 Å². The SMILES string of the molecule is CCC[C@@H](O)CN1CCN(Cc2nc(C(=O)NCCc3ccccc3OC)co2)CC1. The molecule has 170 valence electrons. The molecule has 1 amide bonds. The first-order valence-corrected chi connectivity index (χ1v) is 11.1. The van der Waals surface area contributed by atoms with Gasteiger partial charge in [0, 0.05) is 39.3 Å². The predicted octanol–water partition coefficient (Wildman–Crippen LogP) is 1.93. The van der Waals surface area contributed by atoms with E-state index in [4.69, 9.17) is 9.15 Å². The summed E-state index contributed by atoms with van der Waals surface area (Å²) < 4.78 is 10.9. The third-order valence-electron chi connectivity index (χ3n) is 5.57. The Bertz CT molecular complexity index is 817. The summed E-state index contributed by atoms with van der Waals surface area (Å²) >= 11 is 0. The third-order valence-corrected chi connectivity index (χ3v) is 5.57. The Labute approximate surface area is 184 Å². The Morgan fingerprint density at radius 1 is 1.26 bits per heavy atom. The number of aliphatic hydroxyl groups is 1. The van der Waals surface area contributed by atoms with Gasteiger partial charge >= 0.3 is 0 Å². The maximum atomic E-state index is 12.4. The zero-order chi connectivity index (χ0) is 22.1. The molecular weight excluding hydrogens is 396 g/mol. The number of β-amino-alcohol motifs (C(OH)–C–C–N with tert-alkyl or cyclic N) is 1. The first kappa shape index (κ1) is 23.2. The second-order valence-corrected chi connectivity index (χ2v) is 7.96. The Balaban J connectivity index is 1.40. The van der Waals surface area contributed by atoms with E-state index in [0.29, 0.717) is 31.1 Å². The number of ether oxygens (including phenoxy) is 1. The van der Waals surface area contributed by atoms with Crippen molar-refractivity contribution >= 4 is 5.91 Å². The summed E-state index contributed by atoms with van der Waals surface area (Å²) in [5.41, 5.74) is 1.35. The topological polar surface area (TPSA) is 91.1 Å². The molecule has 1 atom stereocenters. The van der Waals surface area contributed by atoms with Crippen LogP contribution in [0.5, 0.6) is 5.75 Å². The molecule has 0 radical (unpaired) electrons. The lowest BCUT2D eigenvalue weighted by atomic mass is 10.1. The summed E-state index contributed by atoms with van der Waals surface area (Å²) in [6.45, 7) is 7.51. The number of methoxy groups -OCH3 is 1. The molecule has 0 aliphatic carbocycles. The van der Waals surface area contributed by atoms with E-state index >= 15 is 0 Å². The number of hydrogen-bond acceptors (Lipinski definition) is 7. The molecule has 2 aromatic rings. The number of oxazole rings is 1. The molecule has 1 fully saturated rings. The van der Waals surface area contributed by atoms with Gasteiger partial charge in [0.25, 0.3) is 5.91 Å². The van der Waals surface area contributed by atoms with Crippen LogP contribution in [0.2, 0.25) is 0 Å². The van der Waals surface area contributed by atoms with Gasteiger partial charge < -0.3 is 19.6 Å². The van der Waals surface area contributed by atoms with E-state index in [1.807, 2.05) is 24.3 Å². The van der Waals surface area contributed by atoms with Crippen LogP contribution in [-0.4, -0.2) is 78.3 Å². The van der Waals surface area contributed by atoms with Gasteiger partial charge in [-0.2, -0.15) is 0 Å². The van der Waals surface area contributed by atoms with E-state index in [-0.39, 0.29) is 12.0 Å². The number of carbonyl (C=O) groups excluding carboxylic acids is 1. The van der Waals surface area contributed by atoms with Gasteiger partial charge in [0.05, 0.1) is 19.8 Å². The van der Waals surface area contributed by atoms with Crippen molar-refractivity contribution in [3.63, 3.8) is 0 Å². The number of rotatable bonds is 11. The first-order valence-electron chi connectivity index (χ1n) is 11.1. The van der Waals surface area contributed by atoms with E-state index < -0.39 is 0 Å². The van der Waals surface area contributed by atoms with Gasteiger partial charge in [-0.05, 0) is 24.5 Å². The fourth-order valence-corrected chi connectivity index (χ4v) is 3.84. The van der Waals surface area contributed by atoms with Crippen molar-refractivity contribution in [1.29, 1.82) is 0 Å². The van der Waals surface area contributed by atoms with Crippen LogP contribution < -0.4 is 10.1 Å². The predicted molar refractivity (Wildman–Crippen MR) is 118 cm³/mol. The summed E-state index contributed by atoms with van der Waals surface area (Å²) in [6, 6.07) is 7.78. The number of amides is 1. The lowest BCUT2D eigenvalue weighted by molar-refractivity contribution is 0.0634. The van der Waals surface area contributed by atoms with Crippen LogP contribution in [0.1, 0.15) is 41.7 Å². The highest BCUT2D eigenvalue weighted by Gasteiger charge is 2.21. The molecule has 0 saturated carbocycles. The van der Waals surface area contributed by atoms with Crippen LogP contribution in [0.3, 0.4) is 0 Å². The van der Waals surface area contributed by atoms with E-state index in [1.54, 1.807) is 7.11 Å². The minimum absolute atomic E-state index is 0.236.